The molecule has 0 aromatic carbocycles. The molecule has 1 atom stereocenters. The lowest BCUT2D eigenvalue weighted by atomic mass is 10.0. The molecule has 0 saturated carbocycles. The topological polar surface area (TPSA) is 110 Å². The number of likely N-dealkylation sites (tertiary alicyclic amines) is 1. The molecule has 26 heavy (non-hydrogen) atoms. The van der Waals surface area contributed by atoms with E-state index >= 15 is 0 Å². The fourth-order valence-electron chi connectivity index (χ4n) is 2.99. The van der Waals surface area contributed by atoms with Crippen LogP contribution in [0.1, 0.15) is 25.7 Å². The molecular formula is C15H24F3N3O5. The zero-order valence-electron chi connectivity index (χ0n) is 14.5. The number of carbonyl (C=O) groups excluding carboxylic acids is 1. The summed E-state index contributed by atoms with van der Waals surface area (Å²) in [7, 11) is 1.84. The van der Waals surface area contributed by atoms with E-state index < -0.39 is 18.1 Å². The van der Waals surface area contributed by atoms with Gasteiger partial charge in [-0.1, -0.05) is 0 Å². The Labute approximate surface area is 148 Å². The molecule has 2 fully saturated rings. The quantitative estimate of drug-likeness (QED) is 0.644. The summed E-state index contributed by atoms with van der Waals surface area (Å²) in [6.45, 7) is 2.49. The van der Waals surface area contributed by atoms with Crippen LogP contribution in [0.3, 0.4) is 0 Å². The van der Waals surface area contributed by atoms with Crippen LogP contribution in [0.15, 0.2) is 0 Å². The van der Waals surface area contributed by atoms with Crippen molar-refractivity contribution in [2.75, 3.05) is 33.2 Å². The number of carbonyl (C=O) groups is 3. The van der Waals surface area contributed by atoms with E-state index in [4.69, 9.17) is 15.0 Å². The highest BCUT2D eigenvalue weighted by atomic mass is 19.4. The second kappa shape index (κ2) is 9.72. The molecule has 8 nitrogen and oxygen atoms in total. The number of carboxylic acid groups (broad SMARTS) is 2. The van der Waals surface area contributed by atoms with Gasteiger partial charge in [0.05, 0.1) is 12.6 Å². The van der Waals surface area contributed by atoms with Crippen LogP contribution in [-0.2, 0) is 14.4 Å². The lowest BCUT2D eigenvalue weighted by Crippen LogP contribution is -2.50. The summed E-state index contributed by atoms with van der Waals surface area (Å²) in [5.74, 6) is -3.33. The number of nitrogens with zero attached hydrogens (tertiary/aromatic N) is 2. The number of carboxylic acids is 2. The number of hydrogen-bond acceptors (Lipinski definition) is 5. The zero-order valence-corrected chi connectivity index (χ0v) is 14.5. The molecule has 1 unspecified atom stereocenters. The highest BCUT2D eigenvalue weighted by molar-refractivity contribution is 5.82. The van der Waals surface area contributed by atoms with Gasteiger partial charge in [-0.05, 0) is 39.3 Å². The van der Waals surface area contributed by atoms with Crippen molar-refractivity contribution in [1.29, 1.82) is 0 Å². The molecule has 2 heterocycles. The summed E-state index contributed by atoms with van der Waals surface area (Å²) in [6.07, 6.45) is -1.34. The van der Waals surface area contributed by atoms with Crippen LogP contribution in [-0.4, -0.2) is 89.3 Å². The first-order valence-corrected chi connectivity index (χ1v) is 8.26. The Bertz CT molecular complexity index is 501. The van der Waals surface area contributed by atoms with Gasteiger partial charge in [-0.15, -0.1) is 0 Å². The van der Waals surface area contributed by atoms with Gasteiger partial charge in [0, 0.05) is 19.1 Å². The van der Waals surface area contributed by atoms with Gasteiger partial charge in [0.25, 0.3) is 0 Å². The van der Waals surface area contributed by atoms with Crippen molar-refractivity contribution in [1.82, 2.24) is 15.1 Å². The summed E-state index contributed by atoms with van der Waals surface area (Å²) in [5, 5.41) is 19.1. The average molecular weight is 383 g/mol. The standard InChI is InChI=1S/C13H23N3O3.C2HF3O2/c1-15(9-12(17)18)10-4-7-16(8-5-10)13(19)11-3-2-6-14-11;3-2(4,5)1(6)7/h10-11,14H,2-9H2,1H3,(H,17,18);(H,6,7). The molecule has 0 aliphatic carbocycles. The van der Waals surface area contributed by atoms with Gasteiger partial charge >= 0.3 is 18.1 Å². The minimum Gasteiger partial charge on any atom is -0.480 e. The molecule has 3 N–H and O–H groups in total. The summed E-state index contributed by atoms with van der Waals surface area (Å²) in [4.78, 5) is 35.6. The van der Waals surface area contributed by atoms with Crippen LogP contribution in [0, 0.1) is 0 Å². The highest BCUT2D eigenvalue weighted by Gasteiger charge is 2.38. The van der Waals surface area contributed by atoms with Crippen LogP contribution in [0.25, 0.3) is 0 Å². The van der Waals surface area contributed by atoms with Crippen molar-refractivity contribution < 1.29 is 37.8 Å². The molecule has 0 aromatic rings. The van der Waals surface area contributed by atoms with Crippen LogP contribution in [0.4, 0.5) is 13.2 Å². The number of piperidine rings is 1. The molecular weight excluding hydrogens is 359 g/mol. The first-order chi connectivity index (χ1) is 12.0. The first kappa shape index (κ1) is 22.2. The van der Waals surface area contributed by atoms with Crippen LogP contribution in [0.2, 0.25) is 0 Å². The third-order valence-electron chi connectivity index (χ3n) is 4.39. The van der Waals surface area contributed by atoms with Gasteiger partial charge < -0.3 is 20.4 Å². The van der Waals surface area contributed by atoms with Crippen molar-refractivity contribution in [3.05, 3.63) is 0 Å². The maximum atomic E-state index is 12.2. The van der Waals surface area contributed by atoms with Crippen molar-refractivity contribution >= 4 is 17.8 Å². The van der Waals surface area contributed by atoms with Crippen LogP contribution in [0.5, 0.6) is 0 Å². The third-order valence-corrected chi connectivity index (χ3v) is 4.39. The summed E-state index contributed by atoms with van der Waals surface area (Å²) in [5.41, 5.74) is 0. The lowest BCUT2D eigenvalue weighted by Gasteiger charge is -2.37. The maximum absolute atomic E-state index is 12.2. The van der Waals surface area contributed by atoms with E-state index in [1.165, 1.54) is 0 Å². The normalized spacial score (nSPS) is 21.3. The van der Waals surface area contributed by atoms with Gasteiger partial charge in [-0.3, -0.25) is 14.5 Å². The lowest BCUT2D eigenvalue weighted by molar-refractivity contribution is -0.192. The number of amides is 1. The first-order valence-electron chi connectivity index (χ1n) is 8.26. The van der Waals surface area contributed by atoms with Crippen molar-refractivity contribution in [3.8, 4) is 0 Å². The number of rotatable bonds is 4. The number of halogens is 3. The molecule has 0 radical (unpaired) electrons. The Balaban J connectivity index is 0.000000412. The Morgan fingerprint density at radius 2 is 1.69 bits per heavy atom. The molecule has 0 spiro atoms. The Morgan fingerprint density at radius 1 is 1.15 bits per heavy atom. The summed E-state index contributed by atoms with van der Waals surface area (Å²) >= 11 is 0. The average Bonchev–Trinajstić information content (AvgIpc) is 3.08. The second-order valence-corrected chi connectivity index (χ2v) is 6.32. The van der Waals surface area contributed by atoms with Crippen molar-refractivity contribution in [3.63, 3.8) is 0 Å². The molecule has 2 aliphatic heterocycles. The van der Waals surface area contributed by atoms with Gasteiger partial charge in [0.2, 0.25) is 5.91 Å². The van der Waals surface area contributed by atoms with E-state index in [-0.39, 0.29) is 24.5 Å². The van der Waals surface area contributed by atoms with Crippen LogP contribution < -0.4 is 5.32 Å². The highest BCUT2D eigenvalue weighted by Crippen LogP contribution is 2.18. The van der Waals surface area contributed by atoms with Crippen LogP contribution >= 0.6 is 0 Å². The fraction of sp³-hybridized carbons (Fsp3) is 0.800. The fourth-order valence-corrected chi connectivity index (χ4v) is 2.99. The van der Waals surface area contributed by atoms with E-state index in [2.05, 4.69) is 5.32 Å². The molecule has 2 rings (SSSR count). The number of nitrogens with one attached hydrogen (secondary N) is 1. The van der Waals surface area contributed by atoms with Gasteiger partial charge in [-0.25, -0.2) is 4.79 Å². The predicted molar refractivity (Wildman–Crippen MR) is 84.6 cm³/mol. The Kier molecular flexibility index (Phi) is 8.28. The smallest absolute Gasteiger partial charge is 0.480 e. The molecule has 150 valence electrons. The van der Waals surface area contributed by atoms with Crippen molar-refractivity contribution in [2.24, 2.45) is 0 Å². The van der Waals surface area contributed by atoms with E-state index in [9.17, 15) is 22.8 Å². The van der Waals surface area contributed by atoms with Gasteiger partial charge in [0.15, 0.2) is 0 Å². The minimum atomic E-state index is -5.08. The van der Waals surface area contributed by atoms with Crippen molar-refractivity contribution in [2.45, 2.75) is 43.9 Å². The molecule has 0 aromatic heterocycles. The second-order valence-electron chi connectivity index (χ2n) is 6.32. The maximum Gasteiger partial charge on any atom is 0.490 e. The molecule has 2 saturated heterocycles. The number of hydrogen-bond donors (Lipinski definition) is 3. The van der Waals surface area contributed by atoms with Gasteiger partial charge in [-0.2, -0.15) is 13.2 Å². The van der Waals surface area contributed by atoms with E-state index in [0.717, 1.165) is 45.3 Å². The number of alkyl halides is 3. The Hall–Kier alpha value is -1.88. The molecule has 2 aliphatic rings. The minimum absolute atomic E-state index is 0.00768. The SMILES string of the molecule is CN(CC(=O)O)C1CCN(C(=O)C2CCCN2)CC1.O=C(O)C(F)(F)F. The monoisotopic (exact) mass is 383 g/mol. The largest absolute Gasteiger partial charge is 0.490 e. The predicted octanol–water partition coefficient (Wildman–Crippen LogP) is 0.379. The zero-order chi connectivity index (χ0) is 19.9. The summed E-state index contributed by atoms with van der Waals surface area (Å²) in [6, 6.07) is 0.282. The summed E-state index contributed by atoms with van der Waals surface area (Å²) < 4.78 is 31.7. The third kappa shape index (κ3) is 7.16. The number of likely N-dealkylation sites (N-methyl/N-ethyl adjacent to an activating group) is 1. The molecule has 0 bridgehead atoms. The van der Waals surface area contributed by atoms with Gasteiger partial charge in [0.1, 0.15) is 0 Å². The molecule has 1 amide bonds. The number of aliphatic carboxylic acids is 2. The Morgan fingerprint density at radius 3 is 2.08 bits per heavy atom. The van der Waals surface area contributed by atoms with E-state index in [1.807, 2.05) is 16.8 Å². The molecule has 11 heteroatoms. The van der Waals surface area contributed by atoms with E-state index in [0.29, 0.717) is 0 Å². The van der Waals surface area contributed by atoms with E-state index in [1.54, 1.807) is 0 Å².